The number of hydrogen-bond donors (Lipinski definition) is 2. The molecule has 0 bridgehead atoms. The summed E-state index contributed by atoms with van der Waals surface area (Å²) in [6, 6.07) is 13.2. The van der Waals surface area contributed by atoms with Gasteiger partial charge >= 0.3 is 0 Å². The van der Waals surface area contributed by atoms with Gasteiger partial charge in [0.1, 0.15) is 5.75 Å². The molecule has 1 saturated heterocycles. The van der Waals surface area contributed by atoms with Crippen LogP contribution in [0.5, 0.6) is 17.2 Å². The van der Waals surface area contributed by atoms with Crippen molar-refractivity contribution in [1.29, 1.82) is 0 Å². The molecule has 2 heterocycles. The third-order valence-electron chi connectivity index (χ3n) is 5.60. The topological polar surface area (TPSA) is 71.4 Å². The molecule has 1 fully saturated rings. The molecular weight excluding hydrogens is 358 g/mol. The van der Waals surface area contributed by atoms with Crippen LogP contribution in [0.1, 0.15) is 37.0 Å². The highest BCUT2D eigenvalue weighted by atomic mass is 16.7. The largest absolute Gasteiger partial charge is 0.494 e. The van der Waals surface area contributed by atoms with Crippen molar-refractivity contribution in [3.8, 4) is 17.2 Å². The van der Waals surface area contributed by atoms with Crippen molar-refractivity contribution >= 4 is 0 Å². The van der Waals surface area contributed by atoms with Crippen LogP contribution in [0.4, 0.5) is 0 Å². The lowest BCUT2D eigenvalue weighted by molar-refractivity contribution is -0.0345. The minimum atomic E-state index is -0.873. The Labute approximate surface area is 165 Å². The maximum atomic E-state index is 11.1. The second-order valence-electron chi connectivity index (χ2n) is 7.42. The third kappa shape index (κ3) is 3.94. The molecule has 0 radical (unpaired) electrons. The van der Waals surface area contributed by atoms with Gasteiger partial charge < -0.3 is 29.3 Å². The Morgan fingerprint density at radius 3 is 2.50 bits per heavy atom. The predicted molar refractivity (Wildman–Crippen MR) is 105 cm³/mol. The molecule has 6 nitrogen and oxygen atoms in total. The summed E-state index contributed by atoms with van der Waals surface area (Å²) in [6.45, 7) is 4.80. The molecule has 4 rings (SSSR count). The van der Waals surface area contributed by atoms with E-state index in [0.29, 0.717) is 31.7 Å². The van der Waals surface area contributed by atoms with Crippen LogP contribution in [0.25, 0.3) is 0 Å². The Morgan fingerprint density at radius 2 is 1.79 bits per heavy atom. The summed E-state index contributed by atoms with van der Waals surface area (Å²) in [4.78, 5) is 2.20. The molecule has 2 aliphatic rings. The van der Waals surface area contributed by atoms with Crippen LogP contribution < -0.4 is 14.2 Å². The number of nitrogens with zero attached hydrogens (tertiary/aromatic N) is 1. The van der Waals surface area contributed by atoms with Crippen molar-refractivity contribution in [2.75, 3.05) is 33.0 Å². The first-order valence-electron chi connectivity index (χ1n) is 9.83. The van der Waals surface area contributed by atoms with Crippen molar-refractivity contribution in [3.63, 3.8) is 0 Å². The van der Waals surface area contributed by atoms with Crippen molar-refractivity contribution in [2.45, 2.75) is 31.5 Å². The minimum absolute atomic E-state index is 0.231. The molecule has 2 aliphatic heterocycles. The Bertz CT molecular complexity index is 799. The molecular formula is C22H27NO5. The molecule has 1 atom stereocenters. The van der Waals surface area contributed by atoms with E-state index in [9.17, 15) is 10.2 Å². The SMILES string of the molecule is CCOc1ccc([C@H](O)CN2CCC(O)(c3ccc4c(c3)OCO4)CC2)cc1. The molecule has 0 aliphatic carbocycles. The molecule has 0 aromatic heterocycles. The molecule has 2 N–H and O–H groups in total. The van der Waals surface area contributed by atoms with Crippen LogP contribution in [0, 0.1) is 0 Å². The number of piperidine rings is 1. The Kier molecular flexibility index (Phi) is 5.44. The molecule has 150 valence electrons. The number of fused-ring (bicyclic) bond motifs is 1. The summed E-state index contributed by atoms with van der Waals surface area (Å²) >= 11 is 0. The van der Waals surface area contributed by atoms with Gasteiger partial charge in [0.2, 0.25) is 6.79 Å². The molecule has 0 saturated carbocycles. The van der Waals surface area contributed by atoms with E-state index in [4.69, 9.17) is 14.2 Å². The second-order valence-corrected chi connectivity index (χ2v) is 7.42. The van der Waals surface area contributed by atoms with E-state index in [1.165, 1.54) is 0 Å². The fraction of sp³-hybridized carbons (Fsp3) is 0.455. The number of benzene rings is 2. The lowest BCUT2D eigenvalue weighted by Crippen LogP contribution is -2.43. The van der Waals surface area contributed by atoms with Gasteiger partial charge in [0.05, 0.1) is 18.3 Å². The van der Waals surface area contributed by atoms with Gasteiger partial charge in [0.15, 0.2) is 11.5 Å². The predicted octanol–water partition coefficient (Wildman–Crippen LogP) is 2.83. The summed E-state index contributed by atoms with van der Waals surface area (Å²) in [6.07, 6.45) is 0.665. The summed E-state index contributed by atoms with van der Waals surface area (Å²) in [7, 11) is 0. The molecule has 6 heteroatoms. The van der Waals surface area contributed by atoms with Crippen LogP contribution >= 0.6 is 0 Å². The van der Waals surface area contributed by atoms with E-state index in [1.54, 1.807) is 0 Å². The average Bonchev–Trinajstić information content (AvgIpc) is 3.18. The Hall–Kier alpha value is -2.28. The van der Waals surface area contributed by atoms with E-state index in [0.717, 1.165) is 35.7 Å². The lowest BCUT2D eigenvalue weighted by Gasteiger charge is -2.39. The van der Waals surface area contributed by atoms with Gasteiger partial charge in [-0.25, -0.2) is 0 Å². The summed E-state index contributed by atoms with van der Waals surface area (Å²) in [5, 5.41) is 21.7. The highest BCUT2D eigenvalue weighted by molar-refractivity contribution is 5.46. The van der Waals surface area contributed by atoms with Gasteiger partial charge in [-0.15, -0.1) is 0 Å². The van der Waals surface area contributed by atoms with E-state index in [-0.39, 0.29) is 6.79 Å². The standard InChI is InChI=1S/C22H27NO5/c1-2-26-18-6-3-16(4-7-18)19(24)14-23-11-9-22(25,10-12-23)17-5-8-20-21(13-17)28-15-27-20/h3-8,13,19,24-25H,2,9-12,14-15H2,1H3/t19-/m1/s1. The van der Waals surface area contributed by atoms with Crippen molar-refractivity contribution in [1.82, 2.24) is 4.90 Å². The van der Waals surface area contributed by atoms with Gasteiger partial charge in [-0.1, -0.05) is 18.2 Å². The second kappa shape index (κ2) is 7.99. The van der Waals surface area contributed by atoms with Gasteiger partial charge in [0.25, 0.3) is 0 Å². The van der Waals surface area contributed by atoms with Gasteiger partial charge in [-0.2, -0.15) is 0 Å². The average molecular weight is 385 g/mol. The van der Waals surface area contributed by atoms with Gasteiger partial charge in [0, 0.05) is 19.6 Å². The number of rotatable bonds is 6. The van der Waals surface area contributed by atoms with E-state index < -0.39 is 11.7 Å². The van der Waals surface area contributed by atoms with Crippen LogP contribution in [0.15, 0.2) is 42.5 Å². The normalized spacial score (nSPS) is 19.4. The Balaban J connectivity index is 1.34. The highest BCUT2D eigenvalue weighted by Gasteiger charge is 2.35. The molecule has 0 spiro atoms. The summed E-state index contributed by atoms with van der Waals surface area (Å²) in [5.74, 6) is 2.23. The number of aliphatic hydroxyl groups is 2. The lowest BCUT2D eigenvalue weighted by atomic mass is 9.84. The number of aliphatic hydroxyl groups excluding tert-OH is 1. The van der Waals surface area contributed by atoms with Crippen LogP contribution in [0.3, 0.4) is 0 Å². The van der Waals surface area contributed by atoms with E-state index in [2.05, 4.69) is 4.90 Å². The van der Waals surface area contributed by atoms with Crippen LogP contribution in [-0.4, -0.2) is 48.1 Å². The fourth-order valence-corrected chi connectivity index (χ4v) is 3.88. The first kappa shape index (κ1) is 19.1. The zero-order valence-corrected chi connectivity index (χ0v) is 16.1. The number of hydrogen-bond acceptors (Lipinski definition) is 6. The Morgan fingerprint density at radius 1 is 1.07 bits per heavy atom. The highest BCUT2D eigenvalue weighted by Crippen LogP contribution is 2.39. The summed E-state index contributed by atoms with van der Waals surface area (Å²) in [5.41, 5.74) is 0.866. The minimum Gasteiger partial charge on any atom is -0.494 e. The number of likely N-dealkylation sites (tertiary alicyclic amines) is 1. The zero-order chi connectivity index (χ0) is 19.6. The van der Waals surface area contributed by atoms with Crippen LogP contribution in [-0.2, 0) is 5.60 Å². The smallest absolute Gasteiger partial charge is 0.231 e. The number of ether oxygens (including phenoxy) is 3. The van der Waals surface area contributed by atoms with Gasteiger partial charge in [-0.3, -0.25) is 0 Å². The fourth-order valence-electron chi connectivity index (χ4n) is 3.88. The molecule has 0 amide bonds. The molecule has 0 unspecified atom stereocenters. The van der Waals surface area contributed by atoms with E-state index in [1.807, 2.05) is 49.4 Å². The quantitative estimate of drug-likeness (QED) is 0.797. The summed E-state index contributed by atoms with van der Waals surface area (Å²) < 4.78 is 16.2. The molecule has 2 aromatic carbocycles. The third-order valence-corrected chi connectivity index (χ3v) is 5.60. The van der Waals surface area contributed by atoms with Crippen molar-refractivity contribution in [2.24, 2.45) is 0 Å². The van der Waals surface area contributed by atoms with Gasteiger partial charge in [-0.05, 0) is 55.2 Å². The maximum absolute atomic E-state index is 11.1. The maximum Gasteiger partial charge on any atom is 0.231 e. The first-order valence-corrected chi connectivity index (χ1v) is 9.83. The van der Waals surface area contributed by atoms with Crippen molar-refractivity contribution < 1.29 is 24.4 Å². The monoisotopic (exact) mass is 385 g/mol. The van der Waals surface area contributed by atoms with E-state index >= 15 is 0 Å². The van der Waals surface area contributed by atoms with Crippen LogP contribution in [0.2, 0.25) is 0 Å². The molecule has 2 aromatic rings. The van der Waals surface area contributed by atoms with Crippen molar-refractivity contribution in [3.05, 3.63) is 53.6 Å². The zero-order valence-electron chi connectivity index (χ0n) is 16.1. The molecule has 28 heavy (non-hydrogen) atoms. The first-order chi connectivity index (χ1) is 13.6. The number of β-amino-alcohol motifs (C(OH)–C–C–N with tert-alkyl or cyclic N) is 1.